The molecule has 1 fully saturated rings. The number of hydrogen-bond acceptors (Lipinski definition) is 3. The summed E-state index contributed by atoms with van der Waals surface area (Å²) in [6.07, 6.45) is 3.10. The third-order valence-electron chi connectivity index (χ3n) is 4.32. The molecule has 0 aliphatic carbocycles. The number of nitrogens with one attached hydrogen (secondary N) is 1. The number of carbonyl (C=O) groups excluding carboxylic acids is 2. The second-order valence-corrected chi connectivity index (χ2v) is 6.27. The van der Waals surface area contributed by atoms with Crippen LogP contribution in [0.1, 0.15) is 38.7 Å². The largest absolute Gasteiger partial charge is 0.343 e. The lowest BCUT2D eigenvalue weighted by Crippen LogP contribution is -2.55. The molecule has 1 atom stereocenters. The van der Waals surface area contributed by atoms with Crippen molar-refractivity contribution < 1.29 is 9.59 Å². The van der Waals surface area contributed by atoms with E-state index in [0.717, 1.165) is 50.1 Å². The first-order valence-electron chi connectivity index (χ1n) is 8.36. The fourth-order valence-electron chi connectivity index (χ4n) is 2.98. The number of benzene rings is 1. The average Bonchev–Trinajstić information content (AvgIpc) is 2.52. The first-order valence-corrected chi connectivity index (χ1v) is 8.36. The van der Waals surface area contributed by atoms with Gasteiger partial charge in [0.15, 0.2) is 0 Å². The van der Waals surface area contributed by atoms with E-state index in [1.54, 1.807) is 0 Å². The Bertz CT molecular complexity index is 542. The zero-order chi connectivity index (χ0) is 16.8. The van der Waals surface area contributed by atoms with Gasteiger partial charge < -0.3 is 10.2 Å². The van der Waals surface area contributed by atoms with E-state index >= 15 is 0 Å². The van der Waals surface area contributed by atoms with Crippen molar-refractivity contribution in [3.8, 4) is 0 Å². The summed E-state index contributed by atoms with van der Waals surface area (Å²) in [6.45, 7) is 6.12. The summed E-state index contributed by atoms with van der Waals surface area (Å²) >= 11 is 0. The van der Waals surface area contributed by atoms with Crippen molar-refractivity contribution in [3.05, 3.63) is 29.8 Å². The molecule has 0 unspecified atom stereocenters. The Kier molecular flexibility index (Phi) is 6.16. The van der Waals surface area contributed by atoms with E-state index in [2.05, 4.69) is 17.1 Å². The molecule has 0 radical (unpaired) electrons. The lowest BCUT2D eigenvalue weighted by atomic mass is 10.0. The maximum Gasteiger partial charge on any atom is 0.239 e. The predicted molar refractivity (Wildman–Crippen MR) is 92.1 cm³/mol. The molecule has 5 nitrogen and oxygen atoms in total. The van der Waals surface area contributed by atoms with Gasteiger partial charge in [0.2, 0.25) is 11.8 Å². The van der Waals surface area contributed by atoms with Crippen LogP contribution in [-0.2, 0) is 16.1 Å². The van der Waals surface area contributed by atoms with Gasteiger partial charge >= 0.3 is 0 Å². The lowest BCUT2D eigenvalue weighted by Gasteiger charge is -2.39. The van der Waals surface area contributed by atoms with Gasteiger partial charge in [-0.3, -0.25) is 14.5 Å². The molecule has 1 aliphatic heterocycles. The number of unbranched alkanes of at least 4 members (excludes halogenated alkanes) is 1. The molecule has 1 saturated heterocycles. The van der Waals surface area contributed by atoms with Gasteiger partial charge in [-0.2, -0.15) is 0 Å². The van der Waals surface area contributed by atoms with Gasteiger partial charge in [0.1, 0.15) is 0 Å². The summed E-state index contributed by atoms with van der Waals surface area (Å²) in [5.41, 5.74) is 1.97. The second kappa shape index (κ2) is 8.11. The zero-order valence-corrected chi connectivity index (χ0v) is 14.3. The van der Waals surface area contributed by atoms with E-state index in [4.69, 9.17) is 0 Å². The number of piperazine rings is 1. The van der Waals surface area contributed by atoms with E-state index in [1.165, 1.54) is 6.92 Å². The maximum atomic E-state index is 12.4. The van der Waals surface area contributed by atoms with Crippen molar-refractivity contribution in [1.82, 2.24) is 9.80 Å². The highest BCUT2D eigenvalue weighted by Gasteiger charge is 2.32. The molecule has 5 heteroatoms. The Morgan fingerprint density at radius 1 is 1.26 bits per heavy atom. The second-order valence-electron chi connectivity index (χ2n) is 6.27. The third kappa shape index (κ3) is 4.79. The lowest BCUT2D eigenvalue weighted by molar-refractivity contribution is -0.140. The van der Waals surface area contributed by atoms with Gasteiger partial charge in [0.25, 0.3) is 0 Å². The highest BCUT2D eigenvalue weighted by molar-refractivity contribution is 5.88. The number of carbonyl (C=O) groups is 2. The molecule has 23 heavy (non-hydrogen) atoms. The van der Waals surface area contributed by atoms with E-state index in [9.17, 15) is 9.59 Å². The average molecular weight is 317 g/mol. The number of hydrogen-bond donors (Lipinski definition) is 1. The number of rotatable bonds is 6. The molecule has 1 N–H and O–H groups in total. The molecule has 1 heterocycles. The quantitative estimate of drug-likeness (QED) is 0.877. The van der Waals surface area contributed by atoms with Gasteiger partial charge in [-0.15, -0.1) is 0 Å². The Hall–Kier alpha value is -1.88. The van der Waals surface area contributed by atoms with Crippen molar-refractivity contribution in [2.75, 3.05) is 25.5 Å². The molecule has 0 saturated carbocycles. The highest BCUT2D eigenvalue weighted by Crippen LogP contribution is 2.20. The van der Waals surface area contributed by atoms with E-state index in [0.29, 0.717) is 0 Å². The van der Waals surface area contributed by atoms with Crippen molar-refractivity contribution in [1.29, 1.82) is 0 Å². The molecule has 126 valence electrons. The number of nitrogens with zero attached hydrogens (tertiary/aromatic N) is 2. The summed E-state index contributed by atoms with van der Waals surface area (Å²) in [7, 11) is 1.89. The number of amides is 2. The first kappa shape index (κ1) is 17.5. The Balaban J connectivity index is 2.03. The van der Waals surface area contributed by atoms with Gasteiger partial charge in [-0.05, 0) is 24.1 Å². The van der Waals surface area contributed by atoms with Crippen LogP contribution in [0, 0.1) is 0 Å². The van der Waals surface area contributed by atoms with Crippen LogP contribution >= 0.6 is 0 Å². The molecule has 1 aromatic carbocycles. The summed E-state index contributed by atoms with van der Waals surface area (Å²) in [4.78, 5) is 27.6. The molecule has 0 bridgehead atoms. The molecule has 2 amide bonds. The summed E-state index contributed by atoms with van der Waals surface area (Å²) in [6, 6.07) is 7.85. The van der Waals surface area contributed by atoms with Crippen LogP contribution in [0.3, 0.4) is 0 Å². The summed E-state index contributed by atoms with van der Waals surface area (Å²) < 4.78 is 0. The van der Waals surface area contributed by atoms with Crippen LogP contribution in [0.5, 0.6) is 0 Å². The maximum absolute atomic E-state index is 12.4. The summed E-state index contributed by atoms with van der Waals surface area (Å²) in [5, 5.41) is 2.77. The fourth-order valence-corrected chi connectivity index (χ4v) is 2.98. The molecular formula is C18H27N3O2. The van der Waals surface area contributed by atoms with Gasteiger partial charge in [0.05, 0.1) is 6.04 Å². The Labute approximate surface area is 138 Å². The molecular weight excluding hydrogens is 290 g/mol. The highest BCUT2D eigenvalue weighted by atomic mass is 16.2. The number of likely N-dealkylation sites (N-methyl/N-ethyl adjacent to an activating group) is 1. The van der Waals surface area contributed by atoms with E-state index in [-0.39, 0.29) is 17.9 Å². The molecule has 2 rings (SSSR count). The minimum Gasteiger partial charge on any atom is -0.343 e. The SMILES string of the molecule is CCCC[C@@H]1C(=O)N(C)CCN1Cc1ccc(NC(C)=O)cc1. The Morgan fingerprint density at radius 2 is 1.96 bits per heavy atom. The predicted octanol–water partition coefficient (Wildman–Crippen LogP) is 2.48. The first-order chi connectivity index (χ1) is 11.0. The van der Waals surface area contributed by atoms with E-state index in [1.807, 2.05) is 36.2 Å². The van der Waals surface area contributed by atoms with Crippen molar-refractivity contribution in [3.63, 3.8) is 0 Å². The van der Waals surface area contributed by atoms with Gasteiger partial charge in [0, 0.05) is 39.3 Å². The van der Waals surface area contributed by atoms with Crippen molar-refractivity contribution in [2.24, 2.45) is 0 Å². The fraction of sp³-hybridized carbons (Fsp3) is 0.556. The van der Waals surface area contributed by atoms with Crippen LogP contribution in [-0.4, -0.2) is 47.8 Å². The standard InChI is InChI=1S/C18H27N3O2/c1-4-5-6-17-18(23)20(3)11-12-21(17)13-15-7-9-16(10-8-15)19-14(2)22/h7-10,17H,4-6,11-13H2,1-3H3,(H,19,22)/t17-/m1/s1. The van der Waals surface area contributed by atoms with Crippen LogP contribution < -0.4 is 5.32 Å². The molecule has 0 spiro atoms. The molecule has 0 aromatic heterocycles. The minimum absolute atomic E-state index is 0.0104. The van der Waals surface area contributed by atoms with Gasteiger partial charge in [-0.1, -0.05) is 31.9 Å². The minimum atomic E-state index is -0.0676. The van der Waals surface area contributed by atoms with Gasteiger partial charge in [-0.25, -0.2) is 0 Å². The van der Waals surface area contributed by atoms with Crippen LogP contribution in [0.25, 0.3) is 0 Å². The zero-order valence-electron chi connectivity index (χ0n) is 14.3. The normalized spacial score (nSPS) is 19.0. The topological polar surface area (TPSA) is 52.7 Å². The van der Waals surface area contributed by atoms with Crippen molar-refractivity contribution in [2.45, 2.75) is 45.7 Å². The van der Waals surface area contributed by atoms with Crippen LogP contribution in [0.2, 0.25) is 0 Å². The Morgan fingerprint density at radius 3 is 2.57 bits per heavy atom. The monoisotopic (exact) mass is 317 g/mol. The van der Waals surface area contributed by atoms with Crippen LogP contribution in [0.4, 0.5) is 5.69 Å². The third-order valence-corrected chi connectivity index (χ3v) is 4.32. The van der Waals surface area contributed by atoms with Crippen molar-refractivity contribution >= 4 is 17.5 Å². The van der Waals surface area contributed by atoms with Crippen LogP contribution in [0.15, 0.2) is 24.3 Å². The van der Waals surface area contributed by atoms with E-state index < -0.39 is 0 Å². The summed E-state index contributed by atoms with van der Waals surface area (Å²) in [5.74, 6) is 0.168. The smallest absolute Gasteiger partial charge is 0.239 e. The molecule has 1 aromatic rings. The number of anilines is 1. The molecule has 1 aliphatic rings.